The smallest absolute Gasteiger partial charge is 0.243 e. The first-order valence-electron chi connectivity index (χ1n) is 10.3. The fourth-order valence-electron chi connectivity index (χ4n) is 3.51. The molecule has 6 nitrogen and oxygen atoms in total. The number of benzene rings is 2. The Morgan fingerprint density at radius 2 is 1.94 bits per heavy atom. The molecule has 0 bridgehead atoms. The van der Waals surface area contributed by atoms with Crippen molar-refractivity contribution in [2.24, 2.45) is 4.99 Å². The molecule has 31 heavy (non-hydrogen) atoms. The first kappa shape index (κ1) is 24.5. The Kier molecular flexibility index (Phi) is 9.66. The van der Waals surface area contributed by atoms with E-state index in [9.17, 15) is 4.79 Å². The summed E-state index contributed by atoms with van der Waals surface area (Å²) in [6.45, 7) is 4.42. The lowest BCUT2D eigenvalue weighted by Gasteiger charge is -2.22. The predicted molar refractivity (Wildman–Crippen MR) is 139 cm³/mol. The fraction of sp³-hybridized carbons (Fsp3) is 0.333. The number of halogens is 1. The van der Waals surface area contributed by atoms with Crippen LogP contribution in [0.15, 0.2) is 53.5 Å². The van der Waals surface area contributed by atoms with Gasteiger partial charge in [-0.05, 0) is 55.7 Å². The monoisotopic (exact) mass is 531 g/mol. The van der Waals surface area contributed by atoms with Crippen molar-refractivity contribution in [3.8, 4) is 12.3 Å². The maximum atomic E-state index is 12.3. The summed E-state index contributed by atoms with van der Waals surface area (Å²) in [6, 6.07) is 15.8. The zero-order chi connectivity index (χ0) is 21.3. The van der Waals surface area contributed by atoms with Crippen LogP contribution in [0.1, 0.15) is 36.9 Å². The van der Waals surface area contributed by atoms with Gasteiger partial charge in [-0.25, -0.2) is 0 Å². The number of anilines is 2. The topological polar surface area (TPSA) is 68.8 Å². The summed E-state index contributed by atoms with van der Waals surface area (Å²) in [5.74, 6) is 2.96. The third kappa shape index (κ3) is 7.17. The molecule has 0 aliphatic carbocycles. The second-order valence-corrected chi connectivity index (χ2v) is 7.35. The maximum absolute atomic E-state index is 12.3. The Morgan fingerprint density at radius 1 is 1.19 bits per heavy atom. The average Bonchev–Trinajstić information content (AvgIpc) is 3.31. The lowest BCUT2D eigenvalue weighted by atomic mass is 10.1. The van der Waals surface area contributed by atoms with Gasteiger partial charge in [0.2, 0.25) is 5.91 Å². The van der Waals surface area contributed by atoms with Crippen molar-refractivity contribution in [3.05, 3.63) is 59.7 Å². The number of terminal acetylenes is 1. The van der Waals surface area contributed by atoms with E-state index in [2.05, 4.69) is 63.0 Å². The number of amides is 1. The largest absolute Gasteiger partial charge is 0.372 e. The molecule has 1 saturated heterocycles. The van der Waals surface area contributed by atoms with Crippen molar-refractivity contribution < 1.29 is 4.79 Å². The molecule has 3 rings (SSSR count). The van der Waals surface area contributed by atoms with Crippen LogP contribution < -0.4 is 20.9 Å². The first-order chi connectivity index (χ1) is 14.6. The quantitative estimate of drug-likeness (QED) is 0.230. The highest BCUT2D eigenvalue weighted by atomic mass is 127. The van der Waals surface area contributed by atoms with E-state index >= 15 is 0 Å². The fourth-order valence-corrected chi connectivity index (χ4v) is 3.51. The number of aliphatic imine (C=N–C) groups is 1. The van der Waals surface area contributed by atoms with Gasteiger partial charge in [-0.15, -0.1) is 30.4 Å². The molecule has 0 spiro atoms. The molecule has 1 aliphatic rings. The number of carbonyl (C=O) groups is 1. The molecule has 0 aromatic heterocycles. The van der Waals surface area contributed by atoms with Gasteiger partial charge in [-0.1, -0.05) is 24.1 Å². The molecule has 1 aliphatic heterocycles. The third-order valence-electron chi connectivity index (χ3n) is 5.15. The lowest BCUT2D eigenvalue weighted by molar-refractivity contribution is -0.115. The Bertz CT molecular complexity index is 947. The Balaban J connectivity index is 0.00000341. The van der Waals surface area contributed by atoms with Crippen molar-refractivity contribution in [3.63, 3.8) is 0 Å². The van der Waals surface area contributed by atoms with Crippen LogP contribution in [-0.2, 0) is 4.79 Å². The average molecular weight is 531 g/mol. The van der Waals surface area contributed by atoms with Crippen molar-refractivity contribution in [2.75, 3.05) is 36.9 Å². The number of guanidine groups is 1. The standard InChI is InChI=1S/C24H29N5O.HI/c1-4-19-9-7-11-21(15-19)28-23(30)17-26-24(25-3)27-18(2)20-10-8-12-22(16-20)29-13-5-6-14-29;/h1,7-12,15-16,18H,5-6,13-14,17H2,2-3H3,(H,28,30)(H2,25,26,27);1H. The highest BCUT2D eigenvalue weighted by molar-refractivity contribution is 14.0. The van der Waals surface area contributed by atoms with Gasteiger partial charge < -0.3 is 20.9 Å². The van der Waals surface area contributed by atoms with Gasteiger partial charge in [0, 0.05) is 37.1 Å². The van der Waals surface area contributed by atoms with Crippen LogP contribution in [0, 0.1) is 12.3 Å². The highest BCUT2D eigenvalue weighted by Gasteiger charge is 2.15. The lowest BCUT2D eigenvalue weighted by Crippen LogP contribution is -2.42. The number of carbonyl (C=O) groups excluding carboxylic acids is 1. The van der Waals surface area contributed by atoms with Gasteiger partial charge in [0.1, 0.15) is 0 Å². The van der Waals surface area contributed by atoms with Gasteiger partial charge in [-0.3, -0.25) is 9.79 Å². The van der Waals surface area contributed by atoms with Crippen LogP contribution in [0.4, 0.5) is 11.4 Å². The third-order valence-corrected chi connectivity index (χ3v) is 5.15. The summed E-state index contributed by atoms with van der Waals surface area (Å²) in [5.41, 5.74) is 3.84. The molecule has 1 heterocycles. The Labute approximate surface area is 201 Å². The van der Waals surface area contributed by atoms with Crippen LogP contribution >= 0.6 is 24.0 Å². The maximum Gasteiger partial charge on any atom is 0.243 e. The molecular formula is C24H30IN5O. The Hall–Kier alpha value is -2.73. The number of hydrogen-bond donors (Lipinski definition) is 3. The summed E-state index contributed by atoms with van der Waals surface area (Å²) in [6.07, 6.45) is 7.91. The van der Waals surface area contributed by atoms with Crippen molar-refractivity contribution in [1.29, 1.82) is 0 Å². The normalized spacial score (nSPS) is 14.2. The van der Waals surface area contributed by atoms with Gasteiger partial charge in [0.25, 0.3) is 0 Å². The van der Waals surface area contributed by atoms with Gasteiger partial charge >= 0.3 is 0 Å². The number of rotatable bonds is 6. The second-order valence-electron chi connectivity index (χ2n) is 7.35. The molecule has 7 heteroatoms. The zero-order valence-electron chi connectivity index (χ0n) is 18.0. The molecule has 1 amide bonds. The SMILES string of the molecule is C#Cc1cccc(NC(=O)CNC(=NC)NC(C)c2cccc(N3CCCC3)c2)c1.I. The highest BCUT2D eigenvalue weighted by Crippen LogP contribution is 2.23. The van der Waals surface area contributed by atoms with Crippen LogP contribution in [0.25, 0.3) is 0 Å². The molecular weight excluding hydrogens is 501 g/mol. The van der Waals surface area contributed by atoms with E-state index in [0.29, 0.717) is 11.6 Å². The molecule has 1 fully saturated rings. The minimum Gasteiger partial charge on any atom is -0.372 e. The summed E-state index contributed by atoms with van der Waals surface area (Å²) in [7, 11) is 1.69. The van der Waals surface area contributed by atoms with E-state index in [4.69, 9.17) is 6.42 Å². The van der Waals surface area contributed by atoms with Crippen LogP contribution in [-0.4, -0.2) is 38.5 Å². The molecule has 0 radical (unpaired) electrons. The summed E-state index contributed by atoms with van der Waals surface area (Å²) in [4.78, 5) is 18.9. The van der Waals surface area contributed by atoms with E-state index in [-0.39, 0.29) is 42.5 Å². The minimum atomic E-state index is -0.171. The van der Waals surface area contributed by atoms with Crippen molar-refractivity contribution >= 4 is 47.2 Å². The summed E-state index contributed by atoms with van der Waals surface area (Å²) >= 11 is 0. The van der Waals surface area contributed by atoms with Crippen molar-refractivity contribution in [2.45, 2.75) is 25.8 Å². The van der Waals surface area contributed by atoms with Gasteiger partial charge in [-0.2, -0.15) is 0 Å². The number of nitrogens with zero attached hydrogens (tertiary/aromatic N) is 2. The second kappa shape index (κ2) is 12.2. The molecule has 3 N–H and O–H groups in total. The number of hydrogen-bond acceptors (Lipinski definition) is 3. The number of nitrogens with one attached hydrogen (secondary N) is 3. The summed E-state index contributed by atoms with van der Waals surface area (Å²) < 4.78 is 0. The van der Waals surface area contributed by atoms with E-state index in [1.807, 2.05) is 12.1 Å². The van der Waals surface area contributed by atoms with Crippen LogP contribution in [0.5, 0.6) is 0 Å². The van der Waals surface area contributed by atoms with Crippen LogP contribution in [0.3, 0.4) is 0 Å². The minimum absolute atomic E-state index is 0. The molecule has 164 valence electrons. The van der Waals surface area contributed by atoms with E-state index in [1.54, 1.807) is 19.2 Å². The predicted octanol–water partition coefficient (Wildman–Crippen LogP) is 3.75. The molecule has 1 atom stereocenters. The van der Waals surface area contributed by atoms with E-state index in [0.717, 1.165) is 18.7 Å². The molecule has 2 aromatic rings. The molecule has 2 aromatic carbocycles. The first-order valence-corrected chi connectivity index (χ1v) is 10.3. The van der Waals surface area contributed by atoms with Gasteiger partial charge in [0.15, 0.2) is 5.96 Å². The Morgan fingerprint density at radius 3 is 2.65 bits per heavy atom. The zero-order valence-corrected chi connectivity index (χ0v) is 20.4. The summed E-state index contributed by atoms with van der Waals surface area (Å²) in [5, 5.41) is 9.25. The van der Waals surface area contributed by atoms with Crippen LogP contribution in [0.2, 0.25) is 0 Å². The van der Waals surface area contributed by atoms with Gasteiger partial charge in [0.05, 0.1) is 12.6 Å². The van der Waals surface area contributed by atoms with E-state index in [1.165, 1.54) is 24.1 Å². The van der Waals surface area contributed by atoms with Crippen molar-refractivity contribution in [1.82, 2.24) is 10.6 Å². The molecule has 1 unspecified atom stereocenters. The van der Waals surface area contributed by atoms with E-state index < -0.39 is 0 Å². The molecule has 0 saturated carbocycles.